The lowest BCUT2D eigenvalue weighted by molar-refractivity contribution is 0.103. The molecule has 0 saturated heterocycles. The lowest BCUT2D eigenvalue weighted by Crippen LogP contribution is -2.34. The molecule has 0 bridgehead atoms. The molecule has 1 aromatic carbocycles. The summed E-state index contributed by atoms with van der Waals surface area (Å²) in [6.45, 7) is 8.48. The van der Waals surface area contributed by atoms with E-state index in [9.17, 15) is 15.0 Å². The highest BCUT2D eigenvalue weighted by atomic mass is 16.5. The van der Waals surface area contributed by atoms with Crippen LogP contribution in [0, 0.1) is 0 Å². The number of benzene rings is 1. The Balaban J connectivity index is 2.08. The van der Waals surface area contributed by atoms with Crippen LogP contribution in [0.25, 0.3) is 0 Å². The fraction of sp³-hybridized carbons (Fsp3) is 0.450. The van der Waals surface area contributed by atoms with E-state index in [1.54, 1.807) is 6.08 Å². The van der Waals surface area contributed by atoms with Crippen LogP contribution in [0.3, 0.4) is 0 Å². The first-order chi connectivity index (χ1) is 11.3. The fourth-order valence-corrected chi connectivity index (χ4v) is 4.53. The molecule has 0 fully saturated rings. The number of hydrogen-bond donors (Lipinski definition) is 2. The molecule has 4 rings (SSSR count). The third-order valence-electron chi connectivity index (χ3n) is 6.12. The molecule has 0 saturated carbocycles. The predicted molar refractivity (Wildman–Crippen MR) is 91.1 cm³/mol. The second kappa shape index (κ2) is 4.65. The Bertz CT molecular complexity index is 859. The number of ether oxygens (including phenoxy) is 1. The number of aromatic hydroxyl groups is 2. The second-order valence-electron chi connectivity index (χ2n) is 7.56. The van der Waals surface area contributed by atoms with Crippen LogP contribution in [0.5, 0.6) is 17.2 Å². The van der Waals surface area contributed by atoms with Crippen LogP contribution in [0.15, 0.2) is 22.8 Å². The lowest BCUT2D eigenvalue weighted by atomic mass is 9.61. The summed E-state index contributed by atoms with van der Waals surface area (Å²) in [5.74, 6) is 0.0702. The van der Waals surface area contributed by atoms with Crippen LogP contribution in [0.1, 0.15) is 67.9 Å². The zero-order valence-electron chi connectivity index (χ0n) is 14.5. The minimum absolute atomic E-state index is 0.0201. The predicted octanol–water partition coefficient (Wildman–Crippen LogP) is 4.10. The Kier molecular flexibility index (Phi) is 2.97. The highest BCUT2D eigenvalue weighted by molar-refractivity contribution is 6.12. The molecule has 0 spiro atoms. The quantitative estimate of drug-likeness (QED) is 0.704. The van der Waals surface area contributed by atoms with Crippen molar-refractivity contribution in [1.29, 1.82) is 0 Å². The summed E-state index contributed by atoms with van der Waals surface area (Å²) < 4.78 is 5.64. The highest BCUT2D eigenvalue weighted by Gasteiger charge is 2.47. The lowest BCUT2D eigenvalue weighted by Gasteiger charge is -2.42. The zero-order chi connectivity index (χ0) is 17.4. The topological polar surface area (TPSA) is 66.8 Å². The van der Waals surface area contributed by atoms with E-state index >= 15 is 0 Å². The van der Waals surface area contributed by atoms with Crippen molar-refractivity contribution < 1.29 is 19.7 Å². The largest absolute Gasteiger partial charge is 0.507 e. The van der Waals surface area contributed by atoms with Gasteiger partial charge in [-0.3, -0.25) is 4.79 Å². The Hall–Kier alpha value is -2.23. The van der Waals surface area contributed by atoms with Crippen LogP contribution >= 0.6 is 0 Å². The molecule has 2 aliphatic carbocycles. The Morgan fingerprint density at radius 1 is 1.25 bits per heavy atom. The normalized spacial score (nSPS) is 28.1. The van der Waals surface area contributed by atoms with Gasteiger partial charge in [0, 0.05) is 22.5 Å². The molecule has 126 valence electrons. The Labute approximate surface area is 141 Å². The van der Waals surface area contributed by atoms with Crippen molar-refractivity contribution in [2.75, 3.05) is 6.61 Å². The molecule has 0 radical (unpaired) electrons. The number of carbonyl (C=O) groups excluding carboxylic acids is 1. The number of rotatable bonds is 0. The van der Waals surface area contributed by atoms with E-state index in [4.69, 9.17) is 4.74 Å². The number of fused-ring (bicyclic) bond motifs is 4. The highest BCUT2D eigenvalue weighted by Crippen LogP contribution is 2.59. The summed E-state index contributed by atoms with van der Waals surface area (Å²) in [7, 11) is 0. The average molecular weight is 326 g/mol. The molecule has 3 aliphatic rings. The third kappa shape index (κ3) is 1.66. The molecule has 1 aromatic rings. The summed E-state index contributed by atoms with van der Waals surface area (Å²) in [5.41, 5.74) is 4.17. The summed E-state index contributed by atoms with van der Waals surface area (Å²) in [6.07, 6.45) is 3.35. The van der Waals surface area contributed by atoms with Crippen molar-refractivity contribution in [1.82, 2.24) is 0 Å². The summed E-state index contributed by atoms with van der Waals surface area (Å²) >= 11 is 0. The van der Waals surface area contributed by atoms with Gasteiger partial charge in [0.15, 0.2) is 17.3 Å². The van der Waals surface area contributed by atoms with Crippen molar-refractivity contribution in [3.8, 4) is 17.2 Å². The van der Waals surface area contributed by atoms with E-state index in [2.05, 4.69) is 6.92 Å². The SMILES string of the molecule is CC1=C(C)C2=CC(=O)c3c(O)c4c(c(O)c3[C@@]2(C)CC1)OC[C@@H]4C. The fourth-order valence-electron chi connectivity index (χ4n) is 4.53. The van der Waals surface area contributed by atoms with Gasteiger partial charge in [0.25, 0.3) is 0 Å². The first-order valence-electron chi connectivity index (χ1n) is 8.45. The molecule has 4 nitrogen and oxygen atoms in total. The van der Waals surface area contributed by atoms with Gasteiger partial charge in [0.2, 0.25) is 0 Å². The van der Waals surface area contributed by atoms with Gasteiger partial charge in [0.1, 0.15) is 5.75 Å². The van der Waals surface area contributed by atoms with Crippen LogP contribution < -0.4 is 4.74 Å². The number of allylic oxidation sites excluding steroid dienone is 4. The van der Waals surface area contributed by atoms with Crippen molar-refractivity contribution in [3.05, 3.63) is 39.5 Å². The van der Waals surface area contributed by atoms with Crippen molar-refractivity contribution in [3.63, 3.8) is 0 Å². The number of phenols is 2. The minimum atomic E-state index is -0.487. The molecular weight excluding hydrogens is 304 g/mol. The number of phenolic OH excluding ortho intramolecular Hbond substituents is 2. The molecule has 0 aromatic heterocycles. The van der Waals surface area contributed by atoms with E-state index in [1.165, 1.54) is 5.57 Å². The molecule has 4 heteroatoms. The number of carbonyl (C=O) groups is 1. The van der Waals surface area contributed by atoms with Crippen LogP contribution in [0.4, 0.5) is 0 Å². The van der Waals surface area contributed by atoms with Gasteiger partial charge in [-0.15, -0.1) is 0 Å². The zero-order valence-corrected chi connectivity index (χ0v) is 14.5. The maximum atomic E-state index is 12.8. The first-order valence-corrected chi connectivity index (χ1v) is 8.45. The molecular formula is C20H22O4. The molecule has 2 atom stereocenters. The Morgan fingerprint density at radius 2 is 1.96 bits per heavy atom. The smallest absolute Gasteiger partial charge is 0.190 e. The van der Waals surface area contributed by atoms with Gasteiger partial charge in [0.05, 0.1) is 12.2 Å². The Morgan fingerprint density at radius 3 is 2.67 bits per heavy atom. The van der Waals surface area contributed by atoms with Gasteiger partial charge in [-0.2, -0.15) is 0 Å². The van der Waals surface area contributed by atoms with Crippen LogP contribution in [0.2, 0.25) is 0 Å². The van der Waals surface area contributed by atoms with E-state index in [0.717, 1.165) is 24.0 Å². The molecule has 0 amide bonds. The van der Waals surface area contributed by atoms with E-state index in [1.807, 2.05) is 20.8 Å². The van der Waals surface area contributed by atoms with Crippen LogP contribution in [-0.4, -0.2) is 22.6 Å². The van der Waals surface area contributed by atoms with Crippen molar-refractivity contribution in [2.24, 2.45) is 0 Å². The van der Waals surface area contributed by atoms with Crippen molar-refractivity contribution >= 4 is 5.78 Å². The molecule has 0 unspecified atom stereocenters. The molecule has 24 heavy (non-hydrogen) atoms. The summed E-state index contributed by atoms with van der Waals surface area (Å²) in [6, 6.07) is 0. The van der Waals surface area contributed by atoms with Crippen molar-refractivity contribution in [2.45, 2.75) is 51.9 Å². The van der Waals surface area contributed by atoms with E-state index in [0.29, 0.717) is 23.5 Å². The van der Waals surface area contributed by atoms with E-state index in [-0.39, 0.29) is 28.8 Å². The monoisotopic (exact) mass is 326 g/mol. The first kappa shape index (κ1) is 15.3. The molecule has 1 heterocycles. The molecule has 2 N–H and O–H groups in total. The summed E-state index contributed by atoms with van der Waals surface area (Å²) in [4.78, 5) is 12.8. The maximum absolute atomic E-state index is 12.8. The van der Waals surface area contributed by atoms with Gasteiger partial charge >= 0.3 is 0 Å². The summed E-state index contributed by atoms with van der Waals surface area (Å²) in [5, 5.41) is 21.7. The number of hydrogen-bond acceptors (Lipinski definition) is 4. The van der Waals surface area contributed by atoms with Gasteiger partial charge in [-0.1, -0.05) is 19.4 Å². The van der Waals surface area contributed by atoms with Gasteiger partial charge in [-0.05, 0) is 43.9 Å². The van der Waals surface area contributed by atoms with Gasteiger partial charge < -0.3 is 14.9 Å². The van der Waals surface area contributed by atoms with Gasteiger partial charge in [-0.25, -0.2) is 0 Å². The standard InChI is InChI=1S/C20H22O4/c1-9-5-6-20(4)12(11(9)3)7-13(21)15-16(20)18(23)19-14(17(15)22)10(2)8-24-19/h7,10,22-23H,5-6,8H2,1-4H3/t10-,20-/m0/s1. The average Bonchev–Trinajstić information content (AvgIpc) is 2.92. The van der Waals surface area contributed by atoms with E-state index < -0.39 is 5.41 Å². The minimum Gasteiger partial charge on any atom is -0.507 e. The maximum Gasteiger partial charge on any atom is 0.190 e. The number of ketones is 1. The molecule has 1 aliphatic heterocycles. The van der Waals surface area contributed by atoms with Crippen LogP contribution in [-0.2, 0) is 5.41 Å². The second-order valence-corrected chi connectivity index (χ2v) is 7.56. The third-order valence-corrected chi connectivity index (χ3v) is 6.12.